The smallest absolute Gasteiger partial charge is 0.408 e. The van der Waals surface area contributed by atoms with Gasteiger partial charge in [-0.15, -0.1) is 5.10 Å². The van der Waals surface area contributed by atoms with E-state index in [9.17, 15) is 18.0 Å². The van der Waals surface area contributed by atoms with Crippen LogP contribution in [0.1, 0.15) is 5.89 Å². The highest BCUT2D eigenvalue weighted by Gasteiger charge is 2.20. The molecular weight excluding hydrogens is 364 g/mol. The minimum atomic E-state index is -3.64. The summed E-state index contributed by atoms with van der Waals surface area (Å²) in [5.74, 6) is -1.37. The van der Waals surface area contributed by atoms with Gasteiger partial charge in [-0.1, -0.05) is 12.1 Å². The van der Waals surface area contributed by atoms with Crippen molar-refractivity contribution in [2.24, 2.45) is 0 Å². The van der Waals surface area contributed by atoms with Crippen LogP contribution in [0.3, 0.4) is 0 Å². The largest absolute Gasteiger partial charge is 0.437 e. The van der Waals surface area contributed by atoms with E-state index in [4.69, 9.17) is 8.83 Å². The molecule has 0 unspecified atom stereocenters. The fourth-order valence-corrected chi connectivity index (χ4v) is 3.59. The summed E-state index contributed by atoms with van der Waals surface area (Å²) in [6.45, 7) is 1.62. The van der Waals surface area contributed by atoms with Gasteiger partial charge in [0.05, 0.1) is 17.8 Å². The molecule has 0 bridgehead atoms. The first kappa shape index (κ1) is 18.1. The Bertz CT molecular complexity index is 1140. The lowest BCUT2D eigenvalue weighted by Crippen LogP contribution is -2.35. The quantitative estimate of drug-likeness (QED) is 0.564. The predicted molar refractivity (Wildman–Crippen MR) is 92.4 cm³/mol. The van der Waals surface area contributed by atoms with Crippen molar-refractivity contribution in [1.29, 1.82) is 0 Å². The SMILES string of the molecule is Cc1nn(CCS(=O)(=O)N(C)CCn2c(=O)oc3ccccc32)c(=O)o1. The molecule has 0 radical (unpaired) electrons. The normalized spacial score (nSPS) is 12.3. The summed E-state index contributed by atoms with van der Waals surface area (Å²) >= 11 is 0. The third-order valence-electron chi connectivity index (χ3n) is 3.96. The van der Waals surface area contributed by atoms with Crippen LogP contribution >= 0.6 is 0 Å². The summed E-state index contributed by atoms with van der Waals surface area (Å²) in [5.41, 5.74) is 1.05. The minimum absolute atomic E-state index is 0.0819. The lowest BCUT2D eigenvalue weighted by atomic mass is 10.3. The molecule has 0 saturated heterocycles. The fourth-order valence-electron chi connectivity index (χ4n) is 2.51. The number of para-hydroxylation sites is 2. The van der Waals surface area contributed by atoms with Gasteiger partial charge in [0.25, 0.3) is 0 Å². The maximum atomic E-state index is 12.4. The topological polar surface area (TPSA) is 121 Å². The Kier molecular flexibility index (Phi) is 4.83. The number of rotatable bonds is 7. The number of sulfonamides is 1. The average Bonchev–Trinajstić information content (AvgIpc) is 3.08. The second-order valence-electron chi connectivity index (χ2n) is 5.74. The van der Waals surface area contributed by atoms with Crippen molar-refractivity contribution in [3.8, 4) is 0 Å². The van der Waals surface area contributed by atoms with Gasteiger partial charge in [-0.05, 0) is 12.1 Å². The second kappa shape index (κ2) is 6.92. The number of fused-ring (bicyclic) bond motifs is 1. The molecule has 0 N–H and O–H groups in total. The molecule has 0 fully saturated rings. The number of oxazole rings is 1. The van der Waals surface area contributed by atoms with Gasteiger partial charge in [0.15, 0.2) is 5.58 Å². The summed E-state index contributed by atoms with van der Waals surface area (Å²) in [4.78, 5) is 23.4. The van der Waals surface area contributed by atoms with Crippen molar-refractivity contribution in [3.63, 3.8) is 0 Å². The number of hydrogen-bond acceptors (Lipinski definition) is 7. The van der Waals surface area contributed by atoms with E-state index in [0.717, 1.165) is 8.99 Å². The van der Waals surface area contributed by atoms with Gasteiger partial charge in [0.1, 0.15) is 0 Å². The average molecular weight is 382 g/mol. The minimum Gasteiger partial charge on any atom is -0.408 e. The molecule has 2 aromatic heterocycles. The monoisotopic (exact) mass is 382 g/mol. The van der Waals surface area contributed by atoms with E-state index >= 15 is 0 Å². The second-order valence-corrected chi connectivity index (χ2v) is 7.93. The Hall–Kier alpha value is -2.66. The number of nitrogens with zero attached hydrogens (tertiary/aromatic N) is 4. The fraction of sp³-hybridized carbons (Fsp3) is 0.400. The van der Waals surface area contributed by atoms with Crippen LogP contribution in [0.4, 0.5) is 0 Å². The summed E-state index contributed by atoms with van der Waals surface area (Å²) in [5, 5.41) is 3.80. The van der Waals surface area contributed by atoms with Gasteiger partial charge < -0.3 is 8.83 Å². The van der Waals surface area contributed by atoms with E-state index in [2.05, 4.69) is 5.10 Å². The van der Waals surface area contributed by atoms with Crippen LogP contribution in [-0.4, -0.2) is 46.4 Å². The van der Waals surface area contributed by atoms with E-state index in [0.29, 0.717) is 11.1 Å². The summed E-state index contributed by atoms with van der Waals surface area (Å²) < 4.78 is 38.1. The highest BCUT2D eigenvalue weighted by Crippen LogP contribution is 2.12. The molecule has 140 valence electrons. The van der Waals surface area contributed by atoms with Crippen LogP contribution in [0.5, 0.6) is 0 Å². The van der Waals surface area contributed by atoms with Crippen LogP contribution < -0.4 is 11.5 Å². The number of aryl methyl sites for hydroxylation is 2. The number of hydrogen-bond donors (Lipinski definition) is 0. The molecular formula is C15H18N4O6S. The molecule has 0 saturated carbocycles. The molecule has 0 atom stereocenters. The molecule has 1 aromatic carbocycles. The van der Waals surface area contributed by atoms with Crippen molar-refractivity contribution in [1.82, 2.24) is 18.7 Å². The Morgan fingerprint density at radius 1 is 1.12 bits per heavy atom. The van der Waals surface area contributed by atoms with Gasteiger partial charge in [-0.25, -0.2) is 22.3 Å². The molecule has 10 nitrogen and oxygen atoms in total. The lowest BCUT2D eigenvalue weighted by Gasteiger charge is -2.16. The highest BCUT2D eigenvalue weighted by molar-refractivity contribution is 7.89. The zero-order chi connectivity index (χ0) is 18.9. The zero-order valence-corrected chi connectivity index (χ0v) is 15.1. The predicted octanol–water partition coefficient (Wildman–Crippen LogP) is 0.0144. The molecule has 2 heterocycles. The molecule has 3 aromatic rings. The molecule has 0 amide bonds. The van der Waals surface area contributed by atoms with Crippen LogP contribution in [0.15, 0.2) is 42.7 Å². The molecule has 0 spiro atoms. The van der Waals surface area contributed by atoms with Crippen molar-refractivity contribution in [3.05, 3.63) is 51.3 Å². The van der Waals surface area contributed by atoms with Crippen LogP contribution in [-0.2, 0) is 23.1 Å². The standard InChI is InChI=1S/C15H18N4O6S/c1-11-16-19(15(21)24-11)9-10-26(22,23)17(2)7-8-18-12-5-3-4-6-13(12)25-14(18)20/h3-6H,7-10H2,1-2H3. The first-order chi connectivity index (χ1) is 12.3. The van der Waals surface area contributed by atoms with Crippen LogP contribution in [0.25, 0.3) is 11.1 Å². The van der Waals surface area contributed by atoms with Crippen LogP contribution in [0, 0.1) is 6.92 Å². The number of aromatic nitrogens is 3. The first-order valence-electron chi connectivity index (χ1n) is 7.85. The third kappa shape index (κ3) is 3.63. The van der Waals surface area contributed by atoms with Gasteiger partial charge >= 0.3 is 11.5 Å². The number of benzene rings is 1. The van der Waals surface area contributed by atoms with Gasteiger partial charge in [-0.3, -0.25) is 4.57 Å². The maximum absolute atomic E-state index is 12.4. The van der Waals surface area contributed by atoms with E-state index in [1.807, 2.05) is 0 Å². The van der Waals surface area contributed by atoms with Crippen LogP contribution in [0.2, 0.25) is 0 Å². The molecule has 0 aliphatic carbocycles. The van der Waals surface area contributed by atoms with Gasteiger partial charge in [0.2, 0.25) is 15.9 Å². The van der Waals surface area contributed by atoms with Crippen molar-refractivity contribution in [2.75, 3.05) is 19.3 Å². The first-order valence-corrected chi connectivity index (χ1v) is 9.46. The molecule has 26 heavy (non-hydrogen) atoms. The van der Waals surface area contributed by atoms with Crippen molar-refractivity contribution >= 4 is 21.1 Å². The molecule has 11 heteroatoms. The maximum Gasteiger partial charge on any atom is 0.437 e. The van der Waals surface area contributed by atoms with Crippen molar-refractivity contribution < 1.29 is 17.3 Å². The summed E-state index contributed by atoms with van der Waals surface area (Å²) in [6.07, 6.45) is 0. The van der Waals surface area contributed by atoms with Crippen molar-refractivity contribution in [2.45, 2.75) is 20.0 Å². The van der Waals surface area contributed by atoms with E-state index in [-0.39, 0.29) is 31.3 Å². The Morgan fingerprint density at radius 2 is 1.85 bits per heavy atom. The lowest BCUT2D eigenvalue weighted by molar-refractivity contribution is 0.424. The Balaban J connectivity index is 1.67. The third-order valence-corrected chi connectivity index (χ3v) is 5.79. The van der Waals surface area contributed by atoms with Gasteiger partial charge in [0, 0.05) is 27.1 Å². The Morgan fingerprint density at radius 3 is 2.54 bits per heavy atom. The summed E-state index contributed by atoms with van der Waals surface area (Å²) in [7, 11) is -2.22. The molecule has 3 rings (SSSR count). The molecule has 0 aliphatic heterocycles. The van der Waals surface area contributed by atoms with Gasteiger partial charge in [-0.2, -0.15) is 4.68 Å². The van der Waals surface area contributed by atoms with E-state index in [1.165, 1.54) is 18.5 Å². The summed E-state index contributed by atoms with van der Waals surface area (Å²) in [6, 6.07) is 6.92. The van der Waals surface area contributed by atoms with E-state index in [1.54, 1.807) is 24.3 Å². The molecule has 0 aliphatic rings. The number of likely N-dealkylation sites (N-methyl/N-ethyl adjacent to an activating group) is 1. The highest BCUT2D eigenvalue weighted by atomic mass is 32.2. The Labute approximate surface area is 148 Å². The zero-order valence-electron chi connectivity index (χ0n) is 14.3. The van der Waals surface area contributed by atoms with E-state index < -0.39 is 21.5 Å².